The van der Waals surface area contributed by atoms with Gasteiger partial charge >= 0.3 is 0 Å². The molecule has 5 nitrogen and oxygen atoms in total. The molecule has 0 spiro atoms. The highest BCUT2D eigenvalue weighted by Crippen LogP contribution is 2.34. The van der Waals surface area contributed by atoms with E-state index in [4.69, 9.17) is 4.84 Å². The molecule has 5 heteroatoms. The first-order valence-electron chi connectivity index (χ1n) is 6.24. The van der Waals surface area contributed by atoms with Crippen molar-refractivity contribution < 1.29 is 4.84 Å². The number of allylic oxidation sites excluding steroid dienone is 1. The fourth-order valence-electron chi connectivity index (χ4n) is 2.72. The van der Waals surface area contributed by atoms with Crippen molar-refractivity contribution in [3.05, 3.63) is 24.4 Å². The predicted octanol–water partition coefficient (Wildman–Crippen LogP) is 1.65. The number of hydrogen-bond donors (Lipinski definition) is 1. The zero-order valence-electron chi connectivity index (χ0n) is 10.1. The van der Waals surface area contributed by atoms with Crippen molar-refractivity contribution in [3.8, 4) is 0 Å². The molecular formula is C12H18N4O. The maximum Gasteiger partial charge on any atom is 0.137 e. The third-order valence-corrected chi connectivity index (χ3v) is 3.60. The molecule has 1 atom stereocenters. The summed E-state index contributed by atoms with van der Waals surface area (Å²) in [5.74, 6) is 0.660. The van der Waals surface area contributed by atoms with Crippen LogP contribution in [0, 0.1) is 5.92 Å². The van der Waals surface area contributed by atoms with Gasteiger partial charge in [-0.3, -0.25) is 10.3 Å². The molecule has 17 heavy (non-hydrogen) atoms. The zero-order valence-corrected chi connectivity index (χ0v) is 10.1. The second kappa shape index (κ2) is 4.14. The summed E-state index contributed by atoms with van der Waals surface area (Å²) < 4.78 is 1.80. The molecule has 1 N–H and O–H groups in total. The summed E-state index contributed by atoms with van der Waals surface area (Å²) in [5, 5.41) is 4.12. The predicted molar refractivity (Wildman–Crippen MR) is 62.7 cm³/mol. The van der Waals surface area contributed by atoms with Crippen LogP contribution in [0.15, 0.2) is 24.4 Å². The van der Waals surface area contributed by atoms with E-state index in [1.54, 1.807) is 17.3 Å². The lowest BCUT2D eigenvalue weighted by atomic mass is 9.99. The van der Waals surface area contributed by atoms with Crippen molar-refractivity contribution in [2.45, 2.75) is 44.8 Å². The number of rotatable bonds is 3. The minimum atomic E-state index is -0.314. The van der Waals surface area contributed by atoms with Crippen LogP contribution in [-0.2, 0) is 11.4 Å². The van der Waals surface area contributed by atoms with Crippen LogP contribution >= 0.6 is 0 Å². The van der Waals surface area contributed by atoms with Crippen molar-refractivity contribution in [2.24, 2.45) is 5.92 Å². The number of hydrogen-bond acceptors (Lipinski definition) is 4. The molecule has 1 aromatic heterocycles. The zero-order chi connectivity index (χ0) is 11.7. The molecule has 0 aromatic carbocycles. The molecule has 3 rings (SSSR count). The van der Waals surface area contributed by atoms with Gasteiger partial charge in [0.1, 0.15) is 18.3 Å². The maximum atomic E-state index is 5.71. The van der Waals surface area contributed by atoms with Gasteiger partial charge in [-0.05, 0) is 25.8 Å². The highest BCUT2D eigenvalue weighted by Gasteiger charge is 2.34. The van der Waals surface area contributed by atoms with Gasteiger partial charge in [0.2, 0.25) is 0 Å². The Balaban J connectivity index is 1.71. The molecule has 1 aromatic rings. The molecule has 1 aliphatic carbocycles. The molecule has 0 amide bonds. The van der Waals surface area contributed by atoms with Crippen molar-refractivity contribution >= 4 is 0 Å². The van der Waals surface area contributed by atoms with E-state index in [0.717, 1.165) is 0 Å². The highest BCUT2D eigenvalue weighted by molar-refractivity contribution is 5.16. The monoisotopic (exact) mass is 234 g/mol. The van der Waals surface area contributed by atoms with E-state index < -0.39 is 0 Å². The van der Waals surface area contributed by atoms with Crippen LogP contribution in [0.3, 0.4) is 0 Å². The van der Waals surface area contributed by atoms with E-state index in [9.17, 15) is 0 Å². The van der Waals surface area contributed by atoms with E-state index >= 15 is 0 Å². The van der Waals surface area contributed by atoms with Gasteiger partial charge in [0.05, 0.1) is 6.54 Å². The van der Waals surface area contributed by atoms with E-state index in [-0.39, 0.29) is 5.60 Å². The molecule has 1 fully saturated rings. The molecule has 2 heterocycles. The Labute approximate surface area is 101 Å². The van der Waals surface area contributed by atoms with Gasteiger partial charge in [-0.2, -0.15) is 5.10 Å². The molecule has 1 unspecified atom stereocenters. The quantitative estimate of drug-likeness (QED) is 0.864. The molecule has 0 bridgehead atoms. The van der Waals surface area contributed by atoms with E-state index in [1.165, 1.54) is 31.4 Å². The Morgan fingerprint density at radius 3 is 3.06 bits per heavy atom. The van der Waals surface area contributed by atoms with Gasteiger partial charge < -0.3 is 0 Å². The van der Waals surface area contributed by atoms with Crippen molar-refractivity contribution in [2.75, 3.05) is 0 Å². The third kappa shape index (κ3) is 2.20. The van der Waals surface area contributed by atoms with Gasteiger partial charge in [0.15, 0.2) is 0 Å². The number of nitrogens with one attached hydrogen (secondary N) is 1. The molecular weight excluding hydrogens is 216 g/mol. The van der Waals surface area contributed by atoms with Crippen molar-refractivity contribution in [1.82, 2.24) is 20.2 Å². The Morgan fingerprint density at radius 1 is 1.53 bits per heavy atom. The first kappa shape index (κ1) is 10.8. The fourth-order valence-corrected chi connectivity index (χ4v) is 2.72. The summed E-state index contributed by atoms with van der Waals surface area (Å²) in [4.78, 5) is 9.65. The van der Waals surface area contributed by atoms with Crippen LogP contribution < -0.4 is 5.48 Å². The minimum absolute atomic E-state index is 0.314. The second-order valence-corrected chi connectivity index (χ2v) is 5.19. The van der Waals surface area contributed by atoms with Crippen LogP contribution in [0.25, 0.3) is 0 Å². The normalized spacial score (nSPS) is 29.4. The largest absolute Gasteiger partial charge is 0.270 e. The molecule has 1 aliphatic heterocycles. The van der Waals surface area contributed by atoms with E-state index in [1.807, 2.05) is 0 Å². The molecule has 0 radical (unpaired) electrons. The summed E-state index contributed by atoms with van der Waals surface area (Å²) in [6.07, 6.45) is 10.7. The van der Waals surface area contributed by atoms with Gasteiger partial charge in [-0.1, -0.05) is 12.8 Å². The van der Waals surface area contributed by atoms with Gasteiger partial charge in [-0.15, -0.1) is 0 Å². The average molecular weight is 234 g/mol. The van der Waals surface area contributed by atoms with Crippen LogP contribution in [0.2, 0.25) is 0 Å². The van der Waals surface area contributed by atoms with Crippen LogP contribution in [0.5, 0.6) is 0 Å². The lowest BCUT2D eigenvalue weighted by Gasteiger charge is -2.19. The first-order chi connectivity index (χ1) is 8.25. The molecule has 1 saturated carbocycles. The van der Waals surface area contributed by atoms with Gasteiger partial charge in [-0.25, -0.2) is 9.67 Å². The summed E-state index contributed by atoms with van der Waals surface area (Å²) in [6, 6.07) is 0. The maximum absolute atomic E-state index is 5.71. The number of aromatic nitrogens is 3. The van der Waals surface area contributed by atoms with Crippen LogP contribution in [0.4, 0.5) is 0 Å². The highest BCUT2D eigenvalue weighted by atomic mass is 16.7. The minimum Gasteiger partial charge on any atom is -0.270 e. The van der Waals surface area contributed by atoms with Crippen molar-refractivity contribution in [1.29, 1.82) is 0 Å². The lowest BCUT2D eigenvalue weighted by molar-refractivity contribution is -0.0417. The number of hydroxylamine groups is 1. The Morgan fingerprint density at radius 2 is 2.35 bits per heavy atom. The molecule has 0 saturated heterocycles. The summed E-state index contributed by atoms with van der Waals surface area (Å²) in [5.41, 5.74) is 4.04. The summed E-state index contributed by atoms with van der Waals surface area (Å²) in [6.45, 7) is 2.76. The van der Waals surface area contributed by atoms with Crippen LogP contribution in [0.1, 0.15) is 32.6 Å². The molecule has 92 valence electrons. The standard InChI is InChI=1S/C12H18N4O/c1-12(7-16-9-13-8-14-16)6-11(15-17-12)10-4-2-3-5-10/h6,8-10,15H,2-5,7H2,1H3. The second-order valence-electron chi connectivity index (χ2n) is 5.19. The van der Waals surface area contributed by atoms with Crippen LogP contribution in [-0.4, -0.2) is 20.4 Å². The summed E-state index contributed by atoms with van der Waals surface area (Å²) in [7, 11) is 0. The van der Waals surface area contributed by atoms with E-state index in [0.29, 0.717) is 12.5 Å². The van der Waals surface area contributed by atoms with Gasteiger partial charge in [0.25, 0.3) is 0 Å². The summed E-state index contributed by atoms with van der Waals surface area (Å²) >= 11 is 0. The first-order valence-corrected chi connectivity index (χ1v) is 6.24. The fraction of sp³-hybridized carbons (Fsp3) is 0.667. The average Bonchev–Trinajstić information content (AvgIpc) is 2.98. The van der Waals surface area contributed by atoms with Crippen molar-refractivity contribution in [3.63, 3.8) is 0 Å². The Hall–Kier alpha value is -1.36. The number of nitrogens with zero attached hydrogens (tertiary/aromatic N) is 3. The lowest BCUT2D eigenvalue weighted by Crippen LogP contribution is -2.31. The van der Waals surface area contributed by atoms with E-state index in [2.05, 4.69) is 28.6 Å². The smallest absolute Gasteiger partial charge is 0.137 e. The Kier molecular flexibility index (Phi) is 2.63. The SMILES string of the molecule is CC1(Cn2cncn2)C=C(C2CCCC2)NO1. The topological polar surface area (TPSA) is 52.0 Å². The Bertz CT molecular complexity index is 408. The van der Waals surface area contributed by atoms with Gasteiger partial charge in [0, 0.05) is 11.6 Å². The molecule has 2 aliphatic rings. The third-order valence-electron chi connectivity index (χ3n) is 3.60.